The molecule has 28 heavy (non-hydrogen) atoms. The Morgan fingerprint density at radius 1 is 1.39 bits per heavy atom. The third-order valence-corrected chi connectivity index (χ3v) is 7.12. The second-order valence-corrected chi connectivity index (χ2v) is 9.44. The Morgan fingerprint density at radius 2 is 2.18 bits per heavy atom. The Balaban J connectivity index is 1.73. The summed E-state index contributed by atoms with van der Waals surface area (Å²) < 4.78 is 5.14. The molecular formula is C20H27N3O3S2. The van der Waals surface area contributed by atoms with E-state index in [0.29, 0.717) is 19.7 Å². The molecule has 1 fully saturated rings. The van der Waals surface area contributed by atoms with Crippen LogP contribution < -0.4 is 0 Å². The predicted molar refractivity (Wildman–Crippen MR) is 113 cm³/mol. The van der Waals surface area contributed by atoms with E-state index in [-0.39, 0.29) is 23.0 Å². The van der Waals surface area contributed by atoms with Crippen molar-refractivity contribution < 1.29 is 14.3 Å². The van der Waals surface area contributed by atoms with Crippen molar-refractivity contribution in [3.8, 4) is 0 Å². The van der Waals surface area contributed by atoms with E-state index >= 15 is 0 Å². The molecule has 0 radical (unpaired) electrons. The highest BCUT2D eigenvalue weighted by Gasteiger charge is 2.32. The number of nitrogens with zero attached hydrogens (tertiary/aromatic N) is 3. The van der Waals surface area contributed by atoms with Gasteiger partial charge in [0.15, 0.2) is 0 Å². The number of amides is 1. The van der Waals surface area contributed by atoms with Crippen molar-refractivity contribution in [3.05, 3.63) is 16.8 Å². The van der Waals surface area contributed by atoms with Crippen molar-refractivity contribution in [1.82, 2.24) is 14.9 Å². The lowest BCUT2D eigenvalue weighted by Gasteiger charge is -2.33. The first-order valence-electron chi connectivity index (χ1n) is 9.82. The van der Waals surface area contributed by atoms with Crippen molar-refractivity contribution >= 4 is 45.2 Å². The van der Waals surface area contributed by atoms with E-state index < -0.39 is 0 Å². The van der Waals surface area contributed by atoms with Crippen LogP contribution >= 0.6 is 23.1 Å². The number of thiophene rings is 1. The molecule has 8 heteroatoms. The minimum Gasteiger partial charge on any atom is -0.466 e. The fraction of sp³-hybridized carbons (Fsp3) is 0.600. The minimum absolute atomic E-state index is 0.0503. The van der Waals surface area contributed by atoms with Crippen LogP contribution in [0.4, 0.5) is 0 Å². The molecule has 0 aliphatic carbocycles. The van der Waals surface area contributed by atoms with Gasteiger partial charge < -0.3 is 9.64 Å². The van der Waals surface area contributed by atoms with Gasteiger partial charge in [0.25, 0.3) is 0 Å². The summed E-state index contributed by atoms with van der Waals surface area (Å²) in [6.07, 6.45) is 2.57. The number of piperidine rings is 1. The molecule has 1 aliphatic heterocycles. The third kappa shape index (κ3) is 4.66. The summed E-state index contributed by atoms with van der Waals surface area (Å²) >= 11 is 3.17. The number of carbonyl (C=O) groups excluding carboxylic acids is 2. The smallest absolute Gasteiger partial charge is 0.310 e. The molecule has 0 saturated carbocycles. The first-order chi connectivity index (χ1) is 13.4. The predicted octanol–water partition coefficient (Wildman–Crippen LogP) is 3.84. The van der Waals surface area contributed by atoms with E-state index in [1.807, 2.05) is 13.8 Å². The number of hydrogen-bond acceptors (Lipinski definition) is 7. The fourth-order valence-corrected chi connectivity index (χ4v) is 5.55. The molecule has 2 aromatic heterocycles. The number of esters is 1. The molecule has 2 aromatic rings. The fourth-order valence-electron chi connectivity index (χ4n) is 3.42. The van der Waals surface area contributed by atoms with Crippen molar-refractivity contribution in [1.29, 1.82) is 0 Å². The average Bonchev–Trinajstić information content (AvgIpc) is 3.11. The lowest BCUT2D eigenvalue weighted by Crippen LogP contribution is -2.45. The number of rotatable bonds is 6. The van der Waals surface area contributed by atoms with Gasteiger partial charge in [0.2, 0.25) is 5.91 Å². The zero-order valence-electron chi connectivity index (χ0n) is 16.9. The summed E-state index contributed by atoms with van der Waals surface area (Å²) in [7, 11) is 0. The standard InChI is InChI=1S/C20H27N3O3S2/c1-5-15-10-16-17(21-13(4)22-18(16)28-15)27-12(3)19(24)23-9-7-8-14(11-23)20(25)26-6-2/h10,12,14H,5-9,11H2,1-4H3. The second-order valence-electron chi connectivity index (χ2n) is 7.00. The number of aromatic nitrogens is 2. The maximum atomic E-state index is 13.0. The molecule has 2 unspecified atom stereocenters. The van der Waals surface area contributed by atoms with Crippen molar-refractivity contribution in [2.24, 2.45) is 5.92 Å². The molecule has 0 spiro atoms. The van der Waals surface area contributed by atoms with Crippen LogP contribution in [0.1, 0.15) is 44.3 Å². The van der Waals surface area contributed by atoms with E-state index in [0.717, 1.165) is 40.3 Å². The zero-order valence-corrected chi connectivity index (χ0v) is 18.5. The summed E-state index contributed by atoms with van der Waals surface area (Å²) in [5, 5.41) is 1.61. The van der Waals surface area contributed by atoms with Crippen LogP contribution in [0.15, 0.2) is 11.1 Å². The molecule has 3 heterocycles. The summed E-state index contributed by atoms with van der Waals surface area (Å²) in [5.41, 5.74) is 0. The molecular weight excluding hydrogens is 394 g/mol. The molecule has 3 rings (SSSR count). The first-order valence-corrected chi connectivity index (χ1v) is 11.5. The number of thioether (sulfide) groups is 1. The maximum Gasteiger partial charge on any atom is 0.310 e. The van der Waals surface area contributed by atoms with E-state index in [2.05, 4.69) is 23.0 Å². The van der Waals surface area contributed by atoms with Crippen LogP contribution in [0.2, 0.25) is 0 Å². The number of ether oxygens (including phenoxy) is 1. The summed E-state index contributed by atoms with van der Waals surface area (Å²) in [6, 6.07) is 2.14. The van der Waals surface area contributed by atoms with Gasteiger partial charge in [-0.1, -0.05) is 18.7 Å². The number of likely N-dealkylation sites (tertiary alicyclic amines) is 1. The SMILES string of the molecule is CCOC(=O)C1CCCN(C(=O)C(C)Sc2nc(C)nc3sc(CC)cc23)C1. The number of carbonyl (C=O) groups is 2. The van der Waals surface area contributed by atoms with Crippen LogP contribution in [0.3, 0.4) is 0 Å². The number of fused-ring (bicyclic) bond motifs is 1. The van der Waals surface area contributed by atoms with Gasteiger partial charge in [-0.25, -0.2) is 9.97 Å². The molecule has 152 valence electrons. The summed E-state index contributed by atoms with van der Waals surface area (Å²) in [4.78, 5) is 38.3. The number of hydrogen-bond donors (Lipinski definition) is 0. The Morgan fingerprint density at radius 3 is 2.89 bits per heavy atom. The van der Waals surface area contributed by atoms with Gasteiger partial charge in [-0.3, -0.25) is 9.59 Å². The second kappa shape index (κ2) is 9.22. The molecule has 1 aliphatic rings. The first kappa shape index (κ1) is 21.0. The van der Waals surface area contributed by atoms with Gasteiger partial charge in [-0.2, -0.15) is 0 Å². The topological polar surface area (TPSA) is 72.4 Å². The minimum atomic E-state index is -0.275. The van der Waals surface area contributed by atoms with Crippen LogP contribution in [0.25, 0.3) is 10.2 Å². The van der Waals surface area contributed by atoms with E-state index in [1.165, 1.54) is 16.6 Å². The Kier molecular flexibility index (Phi) is 6.93. The van der Waals surface area contributed by atoms with Gasteiger partial charge in [0, 0.05) is 23.4 Å². The molecule has 0 aromatic carbocycles. The zero-order chi connectivity index (χ0) is 20.3. The van der Waals surface area contributed by atoms with Crippen LogP contribution in [0, 0.1) is 12.8 Å². The van der Waals surface area contributed by atoms with Crippen molar-refractivity contribution in [2.45, 2.75) is 57.2 Å². The highest BCUT2D eigenvalue weighted by Crippen LogP contribution is 2.34. The Bertz CT molecular complexity index is 868. The molecule has 2 atom stereocenters. The normalized spacial score (nSPS) is 18.3. The van der Waals surface area contributed by atoms with Crippen molar-refractivity contribution in [3.63, 3.8) is 0 Å². The highest BCUT2D eigenvalue weighted by molar-refractivity contribution is 8.00. The summed E-state index contributed by atoms with van der Waals surface area (Å²) in [6.45, 7) is 9.24. The third-order valence-electron chi connectivity index (χ3n) is 4.86. The monoisotopic (exact) mass is 421 g/mol. The van der Waals surface area contributed by atoms with Gasteiger partial charge in [0.1, 0.15) is 15.7 Å². The lowest BCUT2D eigenvalue weighted by atomic mass is 9.98. The summed E-state index contributed by atoms with van der Waals surface area (Å²) in [5.74, 6) is 0.361. The van der Waals surface area contributed by atoms with Gasteiger partial charge >= 0.3 is 5.97 Å². The van der Waals surface area contributed by atoms with Gasteiger partial charge in [0.05, 0.1) is 17.8 Å². The Hall–Kier alpha value is -1.67. The van der Waals surface area contributed by atoms with E-state index in [4.69, 9.17) is 4.74 Å². The maximum absolute atomic E-state index is 13.0. The Labute approximate surface area is 174 Å². The van der Waals surface area contributed by atoms with Crippen LogP contribution in [-0.2, 0) is 20.7 Å². The van der Waals surface area contributed by atoms with Crippen LogP contribution in [-0.4, -0.2) is 51.7 Å². The van der Waals surface area contributed by atoms with Gasteiger partial charge in [-0.15, -0.1) is 11.3 Å². The molecule has 6 nitrogen and oxygen atoms in total. The van der Waals surface area contributed by atoms with Gasteiger partial charge in [-0.05, 0) is 46.1 Å². The largest absolute Gasteiger partial charge is 0.466 e. The molecule has 0 N–H and O–H groups in total. The molecule has 1 amide bonds. The van der Waals surface area contributed by atoms with E-state index in [1.54, 1.807) is 23.2 Å². The van der Waals surface area contributed by atoms with Crippen LogP contribution in [0.5, 0.6) is 0 Å². The number of aryl methyl sites for hydroxylation is 2. The van der Waals surface area contributed by atoms with Crippen molar-refractivity contribution in [2.75, 3.05) is 19.7 Å². The quantitative estimate of drug-likeness (QED) is 0.401. The van der Waals surface area contributed by atoms with E-state index in [9.17, 15) is 9.59 Å². The highest BCUT2D eigenvalue weighted by atomic mass is 32.2. The lowest BCUT2D eigenvalue weighted by molar-refractivity contribution is -0.151. The molecule has 0 bridgehead atoms. The molecule has 1 saturated heterocycles. The average molecular weight is 422 g/mol.